The molecule has 5 aromatic rings. The zero-order valence-electron chi connectivity index (χ0n) is 16.4. The molecule has 0 N–H and O–H groups in total. The molecule has 0 radical (unpaired) electrons. The molecule has 2 heterocycles. The first-order valence-electron chi connectivity index (χ1n) is 9.70. The van der Waals surface area contributed by atoms with Crippen molar-refractivity contribution < 1.29 is 9.51 Å². The van der Waals surface area contributed by atoms with E-state index in [1.54, 1.807) is 0 Å². The SMILES string of the molecule is Cc1cc2nc([O-])c3cc(-c4ccccc4)cc(-c4ccccc4)[n+]3c2cc1C. The molecule has 0 atom stereocenters. The lowest BCUT2D eigenvalue weighted by atomic mass is 10.0. The number of fused-ring (bicyclic) bond motifs is 3. The Morgan fingerprint density at radius 3 is 1.97 bits per heavy atom. The minimum Gasteiger partial charge on any atom is -0.854 e. The van der Waals surface area contributed by atoms with Crippen LogP contribution in [-0.2, 0) is 0 Å². The summed E-state index contributed by atoms with van der Waals surface area (Å²) in [5, 5.41) is 13.0. The lowest BCUT2D eigenvalue weighted by Gasteiger charge is -2.13. The monoisotopic (exact) mass is 376 g/mol. The van der Waals surface area contributed by atoms with Crippen molar-refractivity contribution in [2.45, 2.75) is 13.8 Å². The molecule has 3 aromatic carbocycles. The molecule has 29 heavy (non-hydrogen) atoms. The van der Waals surface area contributed by atoms with Gasteiger partial charge in [0.15, 0.2) is 0 Å². The normalized spacial score (nSPS) is 11.2. The van der Waals surface area contributed by atoms with E-state index in [0.29, 0.717) is 5.52 Å². The number of aromatic nitrogens is 2. The largest absolute Gasteiger partial charge is 0.854 e. The fourth-order valence-electron chi connectivity index (χ4n) is 3.85. The van der Waals surface area contributed by atoms with Crippen molar-refractivity contribution in [3.8, 4) is 28.3 Å². The Morgan fingerprint density at radius 1 is 0.655 bits per heavy atom. The first kappa shape index (κ1) is 17.4. The van der Waals surface area contributed by atoms with Gasteiger partial charge < -0.3 is 5.11 Å². The fraction of sp³-hybridized carbons (Fsp3) is 0.0769. The van der Waals surface area contributed by atoms with Crippen LogP contribution in [0.25, 0.3) is 38.9 Å². The second-order valence-corrected chi connectivity index (χ2v) is 7.42. The number of pyridine rings is 1. The minimum absolute atomic E-state index is 0.212. The van der Waals surface area contributed by atoms with E-state index in [2.05, 4.69) is 52.7 Å². The van der Waals surface area contributed by atoms with E-state index >= 15 is 0 Å². The van der Waals surface area contributed by atoms with E-state index in [9.17, 15) is 5.11 Å². The molecule has 5 rings (SSSR count). The molecule has 2 aromatic heterocycles. The highest BCUT2D eigenvalue weighted by Gasteiger charge is 2.21. The van der Waals surface area contributed by atoms with Gasteiger partial charge in [-0.2, -0.15) is 4.40 Å². The van der Waals surface area contributed by atoms with Crippen LogP contribution in [-0.4, -0.2) is 4.98 Å². The topological polar surface area (TPSA) is 40.1 Å². The van der Waals surface area contributed by atoms with E-state index < -0.39 is 0 Å². The van der Waals surface area contributed by atoms with Crippen molar-refractivity contribution in [3.05, 3.63) is 96.1 Å². The Balaban J connectivity index is 1.97. The maximum Gasteiger partial charge on any atom is 0.237 e. The van der Waals surface area contributed by atoms with Gasteiger partial charge in [-0.1, -0.05) is 48.5 Å². The van der Waals surface area contributed by atoms with Crippen LogP contribution < -0.4 is 9.51 Å². The van der Waals surface area contributed by atoms with Crippen LogP contribution in [0.1, 0.15) is 11.1 Å². The van der Waals surface area contributed by atoms with E-state index in [1.165, 1.54) is 5.56 Å². The van der Waals surface area contributed by atoms with Crippen LogP contribution in [0.15, 0.2) is 84.9 Å². The van der Waals surface area contributed by atoms with E-state index in [0.717, 1.165) is 39.0 Å². The van der Waals surface area contributed by atoms with Gasteiger partial charge in [0, 0.05) is 23.8 Å². The molecule has 0 saturated carbocycles. The van der Waals surface area contributed by atoms with Gasteiger partial charge in [-0.05, 0) is 54.3 Å². The third-order valence-corrected chi connectivity index (χ3v) is 5.52. The van der Waals surface area contributed by atoms with Crippen molar-refractivity contribution >= 4 is 16.6 Å². The summed E-state index contributed by atoms with van der Waals surface area (Å²) < 4.78 is 2.05. The maximum atomic E-state index is 13.0. The third kappa shape index (κ3) is 2.92. The number of hydrogen-bond acceptors (Lipinski definition) is 2. The zero-order valence-corrected chi connectivity index (χ0v) is 16.4. The molecule has 0 unspecified atom stereocenters. The number of aryl methyl sites for hydroxylation is 2. The van der Waals surface area contributed by atoms with Crippen LogP contribution in [0.4, 0.5) is 0 Å². The van der Waals surface area contributed by atoms with Crippen molar-refractivity contribution in [1.29, 1.82) is 0 Å². The van der Waals surface area contributed by atoms with Crippen molar-refractivity contribution in [3.63, 3.8) is 0 Å². The molecular weight excluding hydrogens is 356 g/mol. The third-order valence-electron chi connectivity index (χ3n) is 5.52. The highest BCUT2D eigenvalue weighted by molar-refractivity contribution is 5.80. The van der Waals surface area contributed by atoms with E-state index in [1.807, 2.05) is 55.5 Å². The minimum atomic E-state index is -0.212. The number of rotatable bonds is 2. The lowest BCUT2D eigenvalue weighted by molar-refractivity contribution is -0.474. The Labute approximate surface area is 169 Å². The average molecular weight is 376 g/mol. The fourth-order valence-corrected chi connectivity index (χ4v) is 3.85. The van der Waals surface area contributed by atoms with Crippen molar-refractivity contribution in [1.82, 2.24) is 4.98 Å². The maximum absolute atomic E-state index is 13.0. The smallest absolute Gasteiger partial charge is 0.237 e. The standard InChI is InChI=1S/C26H20N2O/c1-17-13-22-24(14-18(17)2)28-23(20-11-7-4-8-12-20)15-21(16-25(28)26(29)27-22)19-9-5-3-6-10-19/h3-16H,1-2H3. The van der Waals surface area contributed by atoms with Gasteiger partial charge in [-0.15, -0.1) is 0 Å². The summed E-state index contributed by atoms with van der Waals surface area (Å²) >= 11 is 0. The number of nitrogens with zero attached hydrogens (tertiary/aromatic N) is 2. The van der Waals surface area contributed by atoms with Gasteiger partial charge in [0.25, 0.3) is 0 Å². The van der Waals surface area contributed by atoms with Gasteiger partial charge in [0.05, 0.1) is 5.88 Å². The van der Waals surface area contributed by atoms with Gasteiger partial charge in [0.1, 0.15) is 5.52 Å². The summed E-state index contributed by atoms with van der Waals surface area (Å²) in [6, 6.07) is 28.6. The lowest BCUT2D eigenvalue weighted by Crippen LogP contribution is -2.29. The molecule has 0 aliphatic rings. The Morgan fingerprint density at radius 2 is 1.28 bits per heavy atom. The van der Waals surface area contributed by atoms with Crippen LogP contribution >= 0.6 is 0 Å². The average Bonchev–Trinajstić information content (AvgIpc) is 2.76. The van der Waals surface area contributed by atoms with Crippen LogP contribution in [0, 0.1) is 13.8 Å². The number of benzene rings is 3. The summed E-state index contributed by atoms with van der Waals surface area (Å²) in [5.74, 6) is -0.212. The first-order chi connectivity index (χ1) is 14.1. The summed E-state index contributed by atoms with van der Waals surface area (Å²) in [5.41, 5.74) is 8.69. The second-order valence-electron chi connectivity index (χ2n) is 7.42. The summed E-state index contributed by atoms with van der Waals surface area (Å²) in [6.07, 6.45) is 0. The summed E-state index contributed by atoms with van der Waals surface area (Å²) in [6.45, 7) is 4.14. The Kier molecular flexibility index (Phi) is 4.02. The Hall–Kier alpha value is -3.72. The van der Waals surface area contributed by atoms with Crippen LogP contribution in [0.5, 0.6) is 5.88 Å². The molecule has 0 saturated heterocycles. The molecule has 0 amide bonds. The van der Waals surface area contributed by atoms with Gasteiger partial charge >= 0.3 is 0 Å². The summed E-state index contributed by atoms with van der Waals surface area (Å²) in [4.78, 5) is 4.40. The van der Waals surface area contributed by atoms with Crippen LogP contribution in [0.2, 0.25) is 0 Å². The molecule has 0 bridgehead atoms. The molecule has 0 aliphatic heterocycles. The molecule has 3 nitrogen and oxygen atoms in total. The van der Waals surface area contributed by atoms with Crippen molar-refractivity contribution in [2.75, 3.05) is 0 Å². The molecule has 3 heteroatoms. The molecule has 140 valence electrons. The molecule has 0 aliphatic carbocycles. The molecule has 0 spiro atoms. The van der Waals surface area contributed by atoms with Gasteiger partial charge in [-0.25, -0.2) is 0 Å². The molecular formula is C26H20N2O. The Bertz CT molecular complexity index is 1360. The number of hydrogen-bond donors (Lipinski definition) is 0. The van der Waals surface area contributed by atoms with Gasteiger partial charge in [-0.3, -0.25) is 4.98 Å². The van der Waals surface area contributed by atoms with E-state index in [-0.39, 0.29) is 5.88 Å². The zero-order chi connectivity index (χ0) is 20.0. The summed E-state index contributed by atoms with van der Waals surface area (Å²) in [7, 11) is 0. The second kappa shape index (κ2) is 6.71. The van der Waals surface area contributed by atoms with Crippen LogP contribution in [0.3, 0.4) is 0 Å². The highest BCUT2D eigenvalue weighted by Crippen LogP contribution is 2.29. The van der Waals surface area contributed by atoms with Gasteiger partial charge in [0.2, 0.25) is 16.7 Å². The predicted molar refractivity (Wildman–Crippen MR) is 115 cm³/mol. The van der Waals surface area contributed by atoms with E-state index in [4.69, 9.17) is 0 Å². The first-order valence-corrected chi connectivity index (χ1v) is 9.70. The molecule has 0 fully saturated rings. The predicted octanol–water partition coefficient (Wildman–Crippen LogP) is 5.00. The van der Waals surface area contributed by atoms with Crippen molar-refractivity contribution in [2.24, 2.45) is 0 Å². The highest BCUT2D eigenvalue weighted by atomic mass is 16.3. The quantitative estimate of drug-likeness (QED) is 0.321.